The van der Waals surface area contributed by atoms with Crippen molar-refractivity contribution in [1.29, 1.82) is 5.26 Å². The van der Waals surface area contributed by atoms with E-state index in [1.807, 2.05) is 0 Å². The summed E-state index contributed by atoms with van der Waals surface area (Å²) in [6.45, 7) is 3.56. The Bertz CT molecular complexity index is 763. The van der Waals surface area contributed by atoms with Gasteiger partial charge < -0.3 is 4.90 Å². The van der Waals surface area contributed by atoms with Crippen LogP contribution < -0.4 is 0 Å². The molecule has 0 N–H and O–H groups in total. The molecule has 7 heteroatoms. The number of aromatic nitrogens is 2. The number of aryl methyl sites for hydroxylation is 1. The molecule has 1 unspecified atom stereocenters. The van der Waals surface area contributed by atoms with Crippen molar-refractivity contribution in [3.63, 3.8) is 0 Å². The van der Waals surface area contributed by atoms with E-state index in [2.05, 4.69) is 23.0 Å². The Hall–Kier alpha value is -1.71. The largest absolute Gasteiger partial charge is 0.342 e. The van der Waals surface area contributed by atoms with Gasteiger partial charge in [-0.3, -0.25) is 4.79 Å². The molecule has 0 bridgehead atoms. The van der Waals surface area contributed by atoms with Crippen molar-refractivity contribution in [3.8, 4) is 6.07 Å². The molecule has 1 saturated heterocycles. The Morgan fingerprint density at radius 3 is 2.96 bits per heavy atom. The molecule has 1 atom stereocenters. The predicted octanol–water partition coefficient (Wildman–Crippen LogP) is 3.07. The summed E-state index contributed by atoms with van der Waals surface area (Å²) in [5.74, 6) is 0.887. The lowest BCUT2D eigenvalue weighted by Crippen LogP contribution is -2.44. The van der Waals surface area contributed by atoms with Gasteiger partial charge in [0.25, 0.3) is 0 Å². The molecule has 2 aliphatic rings. The van der Waals surface area contributed by atoms with Crippen LogP contribution in [0.25, 0.3) is 10.2 Å². The number of halogens is 1. The van der Waals surface area contributed by atoms with Crippen molar-refractivity contribution < 1.29 is 4.79 Å². The van der Waals surface area contributed by atoms with Gasteiger partial charge in [-0.2, -0.15) is 5.26 Å². The molecule has 0 spiro atoms. The summed E-state index contributed by atoms with van der Waals surface area (Å²) in [6, 6.07) is 2.07. The normalized spacial score (nSPS) is 20.0. The zero-order valence-corrected chi connectivity index (χ0v) is 14.4. The van der Waals surface area contributed by atoms with Crippen molar-refractivity contribution in [1.82, 2.24) is 14.9 Å². The number of likely N-dealkylation sites (tertiary alicyclic amines) is 1. The molecule has 0 aromatic carbocycles. The molecule has 2 aromatic heterocycles. The highest BCUT2D eigenvalue weighted by Gasteiger charge is 2.24. The molecular formula is C16H17ClN4OS. The van der Waals surface area contributed by atoms with Gasteiger partial charge in [0, 0.05) is 18.0 Å². The fraction of sp³-hybridized carbons (Fsp3) is 0.500. The Kier molecular flexibility index (Phi) is 4.79. The third kappa shape index (κ3) is 3.31. The Labute approximate surface area is 143 Å². The van der Waals surface area contributed by atoms with Gasteiger partial charge in [-0.25, -0.2) is 9.97 Å². The molecular weight excluding hydrogens is 332 g/mol. The lowest BCUT2D eigenvalue weighted by Gasteiger charge is -2.31. The lowest BCUT2D eigenvalue weighted by molar-refractivity contribution is -0.122. The Morgan fingerprint density at radius 1 is 1.48 bits per heavy atom. The summed E-state index contributed by atoms with van der Waals surface area (Å²) in [7, 11) is 0. The third-order valence-electron chi connectivity index (χ3n) is 4.29. The molecule has 0 saturated carbocycles. The van der Waals surface area contributed by atoms with E-state index in [0.29, 0.717) is 18.2 Å². The van der Waals surface area contributed by atoms with Crippen LogP contribution in [0.5, 0.6) is 0 Å². The molecule has 2 aromatic rings. The number of carbonyl (C=O) groups excluding carboxylic acids is 1. The standard InChI is InChI=1S/C11H11ClN2S.C5H6N2O/c1-6-2-3-7-8(4-6)15-11-9(7)10(12)13-5-14-11;6-1-5-2-7(3-5)4-8/h5-6H,2-4H2,1H3;4-5H,2-3H2. The average molecular weight is 349 g/mol. The van der Waals surface area contributed by atoms with Crippen molar-refractivity contribution in [3.05, 3.63) is 21.9 Å². The van der Waals surface area contributed by atoms with Gasteiger partial charge in [-0.15, -0.1) is 11.3 Å². The SMILES string of the molecule is CC1CCc2c(sc3ncnc(Cl)c23)C1.N#CC1CN(C=O)C1. The average Bonchev–Trinajstić information content (AvgIpc) is 2.86. The van der Waals surface area contributed by atoms with Crippen LogP contribution in [0.1, 0.15) is 23.8 Å². The highest BCUT2D eigenvalue weighted by Crippen LogP contribution is 2.39. The number of rotatable bonds is 1. The van der Waals surface area contributed by atoms with Crippen molar-refractivity contribution >= 4 is 39.6 Å². The van der Waals surface area contributed by atoms with E-state index in [4.69, 9.17) is 16.9 Å². The van der Waals surface area contributed by atoms with Gasteiger partial charge in [-0.05, 0) is 30.7 Å². The van der Waals surface area contributed by atoms with Crippen LogP contribution in [-0.2, 0) is 17.6 Å². The number of thiophene rings is 1. The third-order valence-corrected chi connectivity index (χ3v) is 5.74. The number of nitriles is 1. The minimum Gasteiger partial charge on any atom is -0.342 e. The fourth-order valence-electron chi connectivity index (χ4n) is 2.92. The number of carbonyl (C=O) groups is 1. The van der Waals surface area contributed by atoms with Gasteiger partial charge >= 0.3 is 0 Å². The second-order valence-corrected chi connectivity index (χ2v) is 7.52. The minimum atomic E-state index is 0.0974. The second-order valence-electron chi connectivity index (χ2n) is 6.08. The van der Waals surface area contributed by atoms with E-state index in [0.717, 1.165) is 29.0 Å². The predicted molar refractivity (Wildman–Crippen MR) is 90.4 cm³/mol. The summed E-state index contributed by atoms with van der Waals surface area (Å²) in [6.07, 6.45) is 5.88. The van der Waals surface area contributed by atoms with Crippen LogP contribution in [-0.4, -0.2) is 34.4 Å². The van der Waals surface area contributed by atoms with E-state index in [9.17, 15) is 4.79 Å². The van der Waals surface area contributed by atoms with Crippen LogP contribution in [0.4, 0.5) is 0 Å². The number of hydrogen-bond donors (Lipinski definition) is 0. The molecule has 5 nitrogen and oxygen atoms in total. The first-order valence-electron chi connectivity index (χ1n) is 7.62. The maximum atomic E-state index is 9.87. The molecule has 3 heterocycles. The van der Waals surface area contributed by atoms with E-state index in [1.54, 1.807) is 22.6 Å². The zero-order valence-electron chi connectivity index (χ0n) is 12.8. The summed E-state index contributed by atoms with van der Waals surface area (Å²) in [5.41, 5.74) is 1.40. The van der Waals surface area contributed by atoms with Crippen LogP contribution >= 0.6 is 22.9 Å². The Balaban J connectivity index is 0.000000166. The van der Waals surface area contributed by atoms with E-state index < -0.39 is 0 Å². The van der Waals surface area contributed by atoms with Crippen LogP contribution in [0.15, 0.2) is 6.33 Å². The lowest BCUT2D eigenvalue weighted by atomic mass is 9.89. The summed E-state index contributed by atoms with van der Waals surface area (Å²) < 4.78 is 0. The smallest absolute Gasteiger partial charge is 0.209 e. The zero-order chi connectivity index (χ0) is 16.4. The second kappa shape index (κ2) is 6.81. The van der Waals surface area contributed by atoms with E-state index in [-0.39, 0.29) is 5.92 Å². The molecule has 23 heavy (non-hydrogen) atoms. The summed E-state index contributed by atoms with van der Waals surface area (Å²) >= 11 is 7.91. The maximum Gasteiger partial charge on any atom is 0.209 e. The first kappa shape index (κ1) is 16.2. The molecule has 120 valence electrons. The highest BCUT2D eigenvalue weighted by atomic mass is 35.5. The summed E-state index contributed by atoms with van der Waals surface area (Å²) in [5, 5.41) is 9.93. The Morgan fingerprint density at radius 2 is 2.26 bits per heavy atom. The van der Waals surface area contributed by atoms with Crippen LogP contribution in [0, 0.1) is 23.2 Å². The monoisotopic (exact) mass is 348 g/mol. The number of fused-ring (bicyclic) bond motifs is 3. The first-order valence-corrected chi connectivity index (χ1v) is 8.81. The van der Waals surface area contributed by atoms with Gasteiger partial charge in [0.1, 0.15) is 16.3 Å². The quantitative estimate of drug-likeness (QED) is 0.586. The first-order chi connectivity index (χ1) is 11.1. The highest BCUT2D eigenvalue weighted by molar-refractivity contribution is 7.19. The molecule has 1 aliphatic carbocycles. The topological polar surface area (TPSA) is 69.9 Å². The maximum absolute atomic E-state index is 9.87. The van der Waals surface area contributed by atoms with E-state index in [1.165, 1.54) is 23.3 Å². The molecule has 0 radical (unpaired) electrons. The molecule has 1 fully saturated rings. The van der Waals surface area contributed by atoms with Gasteiger partial charge in [0.2, 0.25) is 6.41 Å². The van der Waals surface area contributed by atoms with Crippen LogP contribution in [0.3, 0.4) is 0 Å². The van der Waals surface area contributed by atoms with Crippen molar-refractivity contribution in [2.24, 2.45) is 11.8 Å². The van der Waals surface area contributed by atoms with Crippen LogP contribution in [0.2, 0.25) is 5.15 Å². The number of hydrogen-bond acceptors (Lipinski definition) is 5. The van der Waals surface area contributed by atoms with Gasteiger partial charge in [0.05, 0.1) is 17.4 Å². The minimum absolute atomic E-state index is 0.0974. The molecule has 4 rings (SSSR count). The number of amides is 1. The van der Waals surface area contributed by atoms with Crippen molar-refractivity contribution in [2.45, 2.75) is 26.2 Å². The molecule has 1 amide bonds. The van der Waals surface area contributed by atoms with E-state index >= 15 is 0 Å². The number of nitrogens with zero attached hydrogens (tertiary/aromatic N) is 4. The van der Waals surface area contributed by atoms with Gasteiger partial charge in [-0.1, -0.05) is 18.5 Å². The summed E-state index contributed by atoms with van der Waals surface area (Å²) in [4.78, 5) is 22.3. The molecule has 1 aliphatic heterocycles. The van der Waals surface area contributed by atoms with Gasteiger partial charge in [0.15, 0.2) is 0 Å². The van der Waals surface area contributed by atoms with Crippen molar-refractivity contribution in [2.75, 3.05) is 13.1 Å². The fourth-order valence-corrected chi connectivity index (χ4v) is 4.57.